The average molecular weight is 292 g/mol. The quantitative estimate of drug-likeness (QED) is 0.529. The summed E-state index contributed by atoms with van der Waals surface area (Å²) >= 11 is 0. The molecule has 0 saturated heterocycles. The molecule has 2 fully saturated rings. The minimum Gasteiger partial charge on any atom is -0.325 e. The lowest BCUT2D eigenvalue weighted by Gasteiger charge is -2.36. The number of ketones is 1. The molecular weight excluding hydrogens is 258 g/mol. The Kier molecular flexibility index (Phi) is 6.04. The average Bonchev–Trinajstić information content (AvgIpc) is 2.48. The molecule has 2 saturated carbocycles. The summed E-state index contributed by atoms with van der Waals surface area (Å²) in [6, 6.07) is 0. The third kappa shape index (κ3) is 4.95. The van der Waals surface area contributed by atoms with Gasteiger partial charge in [0, 0.05) is 17.8 Å². The molecule has 0 aromatic rings. The number of Topliss-reactive ketones (excluding diaryl/α,β-unsaturated/α-hetero) is 1. The summed E-state index contributed by atoms with van der Waals surface area (Å²) in [6.07, 6.45) is 13.1. The maximum Gasteiger partial charge on any atom is 0.139 e. The van der Waals surface area contributed by atoms with Crippen molar-refractivity contribution in [3.63, 3.8) is 0 Å². The topological polar surface area (TPSA) is 17.1 Å². The van der Waals surface area contributed by atoms with Gasteiger partial charge < -0.3 is 4.48 Å². The van der Waals surface area contributed by atoms with E-state index in [1.165, 1.54) is 51.5 Å². The largest absolute Gasteiger partial charge is 0.325 e. The van der Waals surface area contributed by atoms with Gasteiger partial charge >= 0.3 is 0 Å². The Morgan fingerprint density at radius 3 is 2.14 bits per heavy atom. The van der Waals surface area contributed by atoms with Crippen molar-refractivity contribution in [3.8, 4) is 0 Å². The first-order valence-electron chi connectivity index (χ1n) is 8.98. The Labute approximate surface area is 131 Å². The minimum absolute atomic E-state index is 0.388. The smallest absolute Gasteiger partial charge is 0.139 e. The van der Waals surface area contributed by atoms with Crippen LogP contribution in [-0.4, -0.2) is 37.5 Å². The molecule has 0 aliphatic heterocycles. The molecular formula is C19H34NO+. The zero-order valence-corrected chi connectivity index (χ0v) is 14.2. The molecule has 0 bridgehead atoms. The van der Waals surface area contributed by atoms with Crippen molar-refractivity contribution >= 4 is 5.78 Å². The van der Waals surface area contributed by atoms with Gasteiger partial charge in [0.15, 0.2) is 0 Å². The zero-order valence-electron chi connectivity index (χ0n) is 14.2. The lowest BCUT2D eigenvalue weighted by molar-refractivity contribution is -0.888. The number of likely N-dealkylation sites (N-methyl/N-ethyl adjacent to an activating group) is 1. The van der Waals surface area contributed by atoms with Crippen LogP contribution in [0.25, 0.3) is 0 Å². The van der Waals surface area contributed by atoms with E-state index in [-0.39, 0.29) is 0 Å². The lowest BCUT2D eigenvalue weighted by atomic mass is 9.74. The Bertz CT molecular complexity index is 347. The van der Waals surface area contributed by atoms with Crippen LogP contribution in [-0.2, 0) is 4.79 Å². The van der Waals surface area contributed by atoms with Crippen LogP contribution in [0.5, 0.6) is 0 Å². The number of rotatable bonds is 6. The summed E-state index contributed by atoms with van der Waals surface area (Å²) in [5.41, 5.74) is 0. The monoisotopic (exact) mass is 292 g/mol. The molecule has 0 aromatic carbocycles. The van der Waals surface area contributed by atoms with Gasteiger partial charge in [-0.2, -0.15) is 0 Å². The first kappa shape index (κ1) is 16.7. The predicted octanol–water partition coefficient (Wildman–Crippen LogP) is 4.20. The van der Waals surface area contributed by atoms with Crippen LogP contribution in [0.2, 0.25) is 0 Å². The lowest BCUT2D eigenvalue weighted by Crippen LogP contribution is -2.44. The molecule has 0 spiro atoms. The van der Waals surface area contributed by atoms with E-state index in [4.69, 9.17) is 0 Å². The van der Waals surface area contributed by atoms with E-state index in [0.29, 0.717) is 17.6 Å². The maximum absolute atomic E-state index is 12.6. The highest BCUT2D eigenvalue weighted by Crippen LogP contribution is 2.35. The fourth-order valence-corrected chi connectivity index (χ4v) is 4.47. The summed E-state index contributed by atoms with van der Waals surface area (Å²) in [6.45, 7) is 6.14. The molecule has 0 heterocycles. The molecule has 0 radical (unpaired) electrons. The highest BCUT2D eigenvalue weighted by atomic mass is 16.1. The molecule has 2 heteroatoms. The van der Waals surface area contributed by atoms with Gasteiger partial charge in [0.25, 0.3) is 0 Å². The van der Waals surface area contributed by atoms with E-state index in [9.17, 15) is 4.79 Å². The van der Waals surface area contributed by atoms with Crippen molar-refractivity contribution in [3.05, 3.63) is 12.7 Å². The van der Waals surface area contributed by atoms with E-state index in [0.717, 1.165) is 29.8 Å². The van der Waals surface area contributed by atoms with Crippen LogP contribution in [0.15, 0.2) is 12.7 Å². The molecule has 120 valence electrons. The second-order valence-electron chi connectivity index (χ2n) is 8.04. The number of quaternary nitrogens is 1. The number of hydrogen-bond donors (Lipinski definition) is 0. The molecule has 2 aliphatic rings. The number of hydrogen-bond acceptors (Lipinski definition) is 1. The van der Waals surface area contributed by atoms with Gasteiger partial charge in [-0.05, 0) is 44.6 Å². The maximum atomic E-state index is 12.6. The van der Waals surface area contributed by atoms with Crippen molar-refractivity contribution in [2.24, 2.45) is 17.8 Å². The van der Waals surface area contributed by atoms with E-state index >= 15 is 0 Å². The second-order valence-corrected chi connectivity index (χ2v) is 8.04. The summed E-state index contributed by atoms with van der Waals surface area (Å²) in [5.74, 6) is 2.22. The Morgan fingerprint density at radius 2 is 1.57 bits per heavy atom. The van der Waals surface area contributed by atoms with Crippen LogP contribution >= 0.6 is 0 Å². The van der Waals surface area contributed by atoms with Crippen LogP contribution < -0.4 is 0 Å². The molecule has 0 amide bonds. The van der Waals surface area contributed by atoms with E-state index in [2.05, 4.69) is 20.7 Å². The van der Waals surface area contributed by atoms with Crippen molar-refractivity contribution in [2.45, 2.75) is 57.8 Å². The van der Waals surface area contributed by atoms with Crippen LogP contribution in [0.4, 0.5) is 0 Å². The van der Waals surface area contributed by atoms with Crippen LogP contribution in [0.1, 0.15) is 57.8 Å². The zero-order chi connectivity index (χ0) is 15.3. The van der Waals surface area contributed by atoms with Crippen LogP contribution in [0.3, 0.4) is 0 Å². The second kappa shape index (κ2) is 7.58. The first-order chi connectivity index (χ1) is 10.0. The third-order valence-electron chi connectivity index (χ3n) is 5.63. The molecule has 0 N–H and O–H groups in total. The van der Waals surface area contributed by atoms with Gasteiger partial charge in [0.05, 0.1) is 27.2 Å². The normalized spacial score (nSPS) is 28.3. The van der Waals surface area contributed by atoms with Crippen molar-refractivity contribution in [2.75, 3.05) is 27.2 Å². The molecule has 2 aliphatic carbocycles. The standard InChI is InChI=1S/C19H34NO/c1-4-14-20(2,3)15-16-10-12-18(13-11-16)19(21)17-8-6-5-7-9-17/h4,16-18H,1,5-15H2,2-3H3/q+1. The SMILES string of the molecule is C=CC[N+](C)(C)CC1CCC(C(=O)C2CCCCC2)CC1. The van der Waals surface area contributed by atoms with Crippen molar-refractivity contribution in [1.29, 1.82) is 0 Å². The molecule has 0 unspecified atom stereocenters. The van der Waals surface area contributed by atoms with Gasteiger partial charge in [-0.25, -0.2) is 0 Å². The fraction of sp³-hybridized carbons (Fsp3) is 0.842. The summed E-state index contributed by atoms with van der Waals surface area (Å²) in [4.78, 5) is 12.6. The molecule has 0 atom stereocenters. The molecule has 2 nitrogen and oxygen atoms in total. The molecule has 21 heavy (non-hydrogen) atoms. The summed E-state index contributed by atoms with van der Waals surface area (Å²) in [5, 5.41) is 0. The van der Waals surface area contributed by atoms with E-state index in [1.54, 1.807) is 0 Å². The van der Waals surface area contributed by atoms with E-state index < -0.39 is 0 Å². The highest BCUT2D eigenvalue weighted by molar-refractivity contribution is 5.83. The minimum atomic E-state index is 0.388. The van der Waals surface area contributed by atoms with Gasteiger partial charge in [-0.15, -0.1) is 0 Å². The van der Waals surface area contributed by atoms with Crippen molar-refractivity contribution in [1.82, 2.24) is 0 Å². The van der Waals surface area contributed by atoms with Gasteiger partial charge in [-0.1, -0.05) is 25.8 Å². The molecule has 2 rings (SSSR count). The Morgan fingerprint density at radius 1 is 1.00 bits per heavy atom. The van der Waals surface area contributed by atoms with Crippen molar-refractivity contribution < 1.29 is 9.28 Å². The Hall–Kier alpha value is -0.630. The van der Waals surface area contributed by atoms with Crippen LogP contribution in [0, 0.1) is 17.8 Å². The summed E-state index contributed by atoms with van der Waals surface area (Å²) < 4.78 is 1.04. The predicted molar refractivity (Wildman–Crippen MR) is 89.1 cm³/mol. The van der Waals surface area contributed by atoms with Gasteiger partial charge in [-0.3, -0.25) is 4.79 Å². The number of carbonyl (C=O) groups excluding carboxylic acids is 1. The summed E-state index contributed by atoms with van der Waals surface area (Å²) in [7, 11) is 4.59. The van der Waals surface area contributed by atoms with Gasteiger partial charge in [0.2, 0.25) is 0 Å². The number of carbonyl (C=O) groups is 1. The third-order valence-corrected chi connectivity index (χ3v) is 5.63. The van der Waals surface area contributed by atoms with E-state index in [1.807, 2.05) is 6.08 Å². The Balaban J connectivity index is 1.77. The molecule has 0 aromatic heterocycles. The highest BCUT2D eigenvalue weighted by Gasteiger charge is 2.33. The first-order valence-corrected chi connectivity index (χ1v) is 8.98. The van der Waals surface area contributed by atoms with Gasteiger partial charge in [0.1, 0.15) is 5.78 Å². The number of nitrogens with zero attached hydrogens (tertiary/aromatic N) is 1. The fourth-order valence-electron chi connectivity index (χ4n) is 4.47.